The molecule has 2 atom stereocenters. The zero-order valence-corrected chi connectivity index (χ0v) is 12.4. The lowest BCUT2D eigenvalue weighted by atomic mass is 10.1. The normalized spacial score (nSPS) is 22.9. The maximum absolute atomic E-state index is 11.9. The topological polar surface area (TPSA) is 38.3 Å². The second-order valence-corrected chi connectivity index (χ2v) is 5.80. The highest BCUT2D eigenvalue weighted by atomic mass is 35.5. The van der Waals surface area contributed by atoms with Gasteiger partial charge < -0.3 is 10.1 Å². The average Bonchev–Trinajstić information content (AvgIpc) is 2.65. The third-order valence-electron chi connectivity index (χ3n) is 3.62. The Morgan fingerprint density at radius 1 is 1.20 bits per heavy atom. The van der Waals surface area contributed by atoms with Crippen LogP contribution in [0.1, 0.15) is 38.5 Å². The molecule has 1 saturated carbocycles. The van der Waals surface area contributed by atoms with Crippen molar-refractivity contribution in [3.63, 3.8) is 0 Å². The van der Waals surface area contributed by atoms with Crippen molar-refractivity contribution in [3.05, 3.63) is 30.3 Å². The molecule has 0 bridgehead atoms. The molecule has 1 aromatic carbocycles. The smallest absolute Gasteiger partial charge is 0.223 e. The molecular weight excluding hydrogens is 274 g/mol. The molecule has 1 aliphatic rings. The molecule has 1 aromatic rings. The van der Waals surface area contributed by atoms with Crippen molar-refractivity contribution in [2.75, 3.05) is 6.61 Å². The summed E-state index contributed by atoms with van der Waals surface area (Å²) in [5.74, 6) is 0.823. The van der Waals surface area contributed by atoms with Gasteiger partial charge in [-0.2, -0.15) is 0 Å². The zero-order valence-electron chi connectivity index (χ0n) is 11.7. The molecule has 20 heavy (non-hydrogen) atoms. The number of benzene rings is 1. The average molecular weight is 296 g/mol. The van der Waals surface area contributed by atoms with Gasteiger partial charge in [-0.25, -0.2) is 0 Å². The molecule has 0 spiro atoms. The molecule has 0 aromatic heterocycles. The Morgan fingerprint density at radius 2 is 1.95 bits per heavy atom. The Bertz CT molecular complexity index is 410. The highest BCUT2D eigenvalue weighted by Crippen LogP contribution is 2.22. The van der Waals surface area contributed by atoms with Gasteiger partial charge in [-0.15, -0.1) is 11.6 Å². The largest absolute Gasteiger partial charge is 0.493 e. The number of rotatable bonds is 5. The number of amides is 1. The standard InChI is InChI=1S/C16H22ClNO2/c17-14-9-5-2-6-10-15(14)18-16(19)11-12-20-13-7-3-1-4-8-13/h1,3-4,7-8,14-15H,2,5-6,9-12H2,(H,18,19). The predicted molar refractivity (Wildman–Crippen MR) is 81.2 cm³/mol. The molecule has 3 nitrogen and oxygen atoms in total. The second kappa shape index (κ2) is 8.15. The van der Waals surface area contributed by atoms with Crippen LogP contribution in [0.3, 0.4) is 0 Å². The van der Waals surface area contributed by atoms with E-state index in [0.29, 0.717) is 13.0 Å². The van der Waals surface area contributed by atoms with E-state index in [1.165, 1.54) is 6.42 Å². The van der Waals surface area contributed by atoms with Crippen molar-refractivity contribution in [2.45, 2.75) is 49.9 Å². The van der Waals surface area contributed by atoms with E-state index in [1.807, 2.05) is 30.3 Å². The van der Waals surface area contributed by atoms with E-state index in [1.54, 1.807) is 0 Å². The molecule has 0 saturated heterocycles. The highest BCUT2D eigenvalue weighted by Gasteiger charge is 2.22. The number of halogens is 1. The second-order valence-electron chi connectivity index (χ2n) is 5.24. The summed E-state index contributed by atoms with van der Waals surface area (Å²) < 4.78 is 5.52. The van der Waals surface area contributed by atoms with Crippen LogP contribution in [0.5, 0.6) is 5.75 Å². The SMILES string of the molecule is O=C(CCOc1ccccc1)NC1CCCCCC1Cl. The van der Waals surface area contributed by atoms with Crippen molar-refractivity contribution in [2.24, 2.45) is 0 Å². The van der Waals surface area contributed by atoms with Crippen molar-refractivity contribution < 1.29 is 9.53 Å². The van der Waals surface area contributed by atoms with Gasteiger partial charge in [0.25, 0.3) is 0 Å². The van der Waals surface area contributed by atoms with Gasteiger partial charge in [0, 0.05) is 6.04 Å². The number of carbonyl (C=O) groups excluding carboxylic acids is 1. The first-order chi connectivity index (χ1) is 9.75. The number of hydrogen-bond donors (Lipinski definition) is 1. The summed E-state index contributed by atoms with van der Waals surface area (Å²) >= 11 is 6.32. The van der Waals surface area contributed by atoms with Crippen LogP contribution in [0.2, 0.25) is 0 Å². The summed E-state index contributed by atoms with van der Waals surface area (Å²) in [5.41, 5.74) is 0. The van der Waals surface area contributed by atoms with E-state index in [9.17, 15) is 4.79 Å². The summed E-state index contributed by atoms with van der Waals surface area (Å²) in [6, 6.07) is 9.66. The molecule has 0 aliphatic heterocycles. The van der Waals surface area contributed by atoms with E-state index in [-0.39, 0.29) is 17.3 Å². The maximum atomic E-state index is 11.9. The summed E-state index contributed by atoms with van der Waals surface area (Å²) in [6.07, 6.45) is 5.88. The highest BCUT2D eigenvalue weighted by molar-refractivity contribution is 6.21. The van der Waals surface area contributed by atoms with E-state index in [2.05, 4.69) is 5.32 Å². The number of para-hydroxylation sites is 1. The number of ether oxygens (including phenoxy) is 1. The molecule has 1 aliphatic carbocycles. The van der Waals surface area contributed by atoms with E-state index in [4.69, 9.17) is 16.3 Å². The summed E-state index contributed by atoms with van der Waals surface area (Å²) in [4.78, 5) is 11.9. The Hall–Kier alpha value is -1.22. The minimum atomic E-state index is 0.0264. The lowest BCUT2D eigenvalue weighted by molar-refractivity contribution is -0.122. The Morgan fingerprint density at radius 3 is 2.75 bits per heavy atom. The van der Waals surface area contributed by atoms with Crippen LogP contribution in [0, 0.1) is 0 Å². The van der Waals surface area contributed by atoms with E-state index >= 15 is 0 Å². The fourth-order valence-electron chi connectivity index (χ4n) is 2.48. The van der Waals surface area contributed by atoms with Crippen LogP contribution >= 0.6 is 11.6 Å². The predicted octanol–water partition coefficient (Wildman–Crippen LogP) is 3.51. The van der Waals surface area contributed by atoms with E-state index < -0.39 is 0 Å². The first kappa shape index (κ1) is 15.2. The van der Waals surface area contributed by atoms with Crippen LogP contribution in [-0.2, 0) is 4.79 Å². The van der Waals surface area contributed by atoms with Crippen molar-refractivity contribution in [1.82, 2.24) is 5.32 Å². The van der Waals surface area contributed by atoms with Gasteiger partial charge in [0.1, 0.15) is 5.75 Å². The molecule has 0 heterocycles. The monoisotopic (exact) mass is 295 g/mol. The van der Waals surface area contributed by atoms with Crippen LogP contribution in [-0.4, -0.2) is 23.9 Å². The summed E-state index contributed by atoms with van der Waals surface area (Å²) in [5, 5.41) is 3.11. The molecule has 1 N–H and O–H groups in total. The van der Waals surface area contributed by atoms with Crippen molar-refractivity contribution in [1.29, 1.82) is 0 Å². The first-order valence-corrected chi connectivity index (χ1v) is 7.80. The Labute approximate surface area is 125 Å². The molecule has 1 amide bonds. The summed E-state index contributed by atoms with van der Waals surface area (Å²) in [6.45, 7) is 0.398. The number of carbonyl (C=O) groups is 1. The lowest BCUT2D eigenvalue weighted by Crippen LogP contribution is -2.40. The third-order valence-corrected chi connectivity index (χ3v) is 4.14. The minimum absolute atomic E-state index is 0.0264. The number of alkyl halides is 1. The zero-order chi connectivity index (χ0) is 14.2. The molecule has 4 heteroatoms. The molecule has 2 rings (SSSR count). The molecular formula is C16H22ClNO2. The van der Waals surface area contributed by atoms with E-state index in [0.717, 1.165) is 31.4 Å². The van der Waals surface area contributed by atoms with Crippen molar-refractivity contribution >= 4 is 17.5 Å². The van der Waals surface area contributed by atoms with Gasteiger partial charge in [-0.1, -0.05) is 37.5 Å². The molecule has 0 radical (unpaired) electrons. The number of nitrogens with one attached hydrogen (secondary N) is 1. The minimum Gasteiger partial charge on any atom is -0.493 e. The van der Waals surface area contributed by atoms with Crippen molar-refractivity contribution in [3.8, 4) is 5.75 Å². The van der Waals surface area contributed by atoms with Crippen LogP contribution in [0.4, 0.5) is 0 Å². The third kappa shape index (κ3) is 5.04. The number of hydrogen-bond acceptors (Lipinski definition) is 2. The van der Waals surface area contributed by atoms with Gasteiger partial charge in [0.15, 0.2) is 0 Å². The first-order valence-electron chi connectivity index (χ1n) is 7.37. The quantitative estimate of drug-likeness (QED) is 0.667. The van der Waals surface area contributed by atoms with Crippen LogP contribution in [0.15, 0.2) is 30.3 Å². The van der Waals surface area contributed by atoms with Crippen LogP contribution < -0.4 is 10.1 Å². The molecule has 110 valence electrons. The van der Waals surface area contributed by atoms with Gasteiger partial charge in [-0.3, -0.25) is 4.79 Å². The Kier molecular flexibility index (Phi) is 6.19. The van der Waals surface area contributed by atoms with Gasteiger partial charge in [0.05, 0.1) is 18.4 Å². The Balaban J connectivity index is 1.69. The summed E-state index contributed by atoms with van der Waals surface area (Å²) in [7, 11) is 0. The van der Waals surface area contributed by atoms with Gasteiger partial charge >= 0.3 is 0 Å². The lowest BCUT2D eigenvalue weighted by Gasteiger charge is -2.21. The molecule has 2 unspecified atom stereocenters. The maximum Gasteiger partial charge on any atom is 0.223 e. The van der Waals surface area contributed by atoms with Gasteiger partial charge in [-0.05, 0) is 25.0 Å². The molecule has 1 fully saturated rings. The fourth-order valence-corrected chi connectivity index (χ4v) is 2.83. The van der Waals surface area contributed by atoms with Crippen LogP contribution in [0.25, 0.3) is 0 Å². The fraction of sp³-hybridized carbons (Fsp3) is 0.562. The van der Waals surface area contributed by atoms with Gasteiger partial charge in [0.2, 0.25) is 5.91 Å².